The maximum absolute atomic E-state index is 5.64. The molecule has 0 heterocycles. The number of hydrogen-bond donors (Lipinski definition) is 1. The predicted molar refractivity (Wildman–Crippen MR) is 61.2 cm³/mol. The number of nitrogens with two attached hydrogens (primary N) is 1. The van der Waals surface area contributed by atoms with Crippen LogP contribution in [0.15, 0.2) is 12.1 Å². The minimum atomic E-state index is 0.569. The summed E-state index contributed by atoms with van der Waals surface area (Å²) in [5.41, 5.74) is 9.00. The van der Waals surface area contributed by atoms with Gasteiger partial charge >= 0.3 is 0 Å². The molecule has 1 aromatic rings. The molecular formula is C12H19NO2. The van der Waals surface area contributed by atoms with Gasteiger partial charge in [0.05, 0.1) is 6.61 Å². The van der Waals surface area contributed by atoms with E-state index in [1.54, 1.807) is 7.11 Å². The van der Waals surface area contributed by atoms with Crippen LogP contribution in [-0.4, -0.2) is 20.3 Å². The summed E-state index contributed by atoms with van der Waals surface area (Å²) in [4.78, 5) is 0. The second-order valence-corrected chi connectivity index (χ2v) is 3.60. The minimum absolute atomic E-state index is 0.569. The van der Waals surface area contributed by atoms with Crippen LogP contribution in [0.3, 0.4) is 0 Å². The molecule has 0 saturated carbocycles. The zero-order chi connectivity index (χ0) is 11.3. The van der Waals surface area contributed by atoms with Crippen LogP contribution in [0.25, 0.3) is 0 Å². The first kappa shape index (κ1) is 12.0. The quantitative estimate of drug-likeness (QED) is 0.752. The zero-order valence-corrected chi connectivity index (χ0v) is 9.67. The van der Waals surface area contributed by atoms with Crippen LogP contribution in [-0.2, 0) is 11.3 Å². The van der Waals surface area contributed by atoms with Crippen LogP contribution in [0.5, 0.6) is 5.75 Å². The first-order valence-electron chi connectivity index (χ1n) is 5.11. The van der Waals surface area contributed by atoms with Gasteiger partial charge in [0.2, 0.25) is 0 Å². The van der Waals surface area contributed by atoms with E-state index in [9.17, 15) is 0 Å². The van der Waals surface area contributed by atoms with Gasteiger partial charge in [0, 0.05) is 13.7 Å². The second kappa shape index (κ2) is 5.73. The molecule has 0 aliphatic carbocycles. The van der Waals surface area contributed by atoms with Crippen molar-refractivity contribution in [3.63, 3.8) is 0 Å². The van der Waals surface area contributed by atoms with Gasteiger partial charge < -0.3 is 15.2 Å². The smallest absolute Gasteiger partial charge is 0.125 e. The average molecular weight is 209 g/mol. The lowest BCUT2D eigenvalue weighted by atomic mass is 10.1. The van der Waals surface area contributed by atoms with Crippen LogP contribution >= 0.6 is 0 Å². The van der Waals surface area contributed by atoms with E-state index >= 15 is 0 Å². The monoisotopic (exact) mass is 209 g/mol. The highest BCUT2D eigenvalue weighted by Crippen LogP contribution is 2.24. The third-order valence-corrected chi connectivity index (χ3v) is 2.29. The van der Waals surface area contributed by atoms with Crippen molar-refractivity contribution in [2.24, 2.45) is 5.73 Å². The van der Waals surface area contributed by atoms with E-state index in [2.05, 4.69) is 12.1 Å². The Balaban J connectivity index is 2.79. The summed E-state index contributed by atoms with van der Waals surface area (Å²) in [6.45, 7) is 5.83. The van der Waals surface area contributed by atoms with E-state index in [-0.39, 0.29) is 0 Å². The first-order valence-corrected chi connectivity index (χ1v) is 5.11. The van der Waals surface area contributed by atoms with Crippen LogP contribution in [0.4, 0.5) is 0 Å². The van der Waals surface area contributed by atoms with Gasteiger partial charge in [-0.25, -0.2) is 0 Å². The van der Waals surface area contributed by atoms with E-state index in [0.29, 0.717) is 19.8 Å². The summed E-state index contributed by atoms with van der Waals surface area (Å²) in [5.74, 6) is 0.948. The van der Waals surface area contributed by atoms with Crippen molar-refractivity contribution in [1.82, 2.24) is 0 Å². The summed E-state index contributed by atoms with van der Waals surface area (Å²) < 4.78 is 10.6. The van der Waals surface area contributed by atoms with Gasteiger partial charge in [0.1, 0.15) is 12.4 Å². The Morgan fingerprint density at radius 2 is 1.73 bits per heavy atom. The molecule has 84 valence electrons. The normalized spacial score (nSPS) is 10.4. The van der Waals surface area contributed by atoms with E-state index in [4.69, 9.17) is 15.2 Å². The molecule has 2 N–H and O–H groups in total. The molecule has 0 saturated heterocycles. The Morgan fingerprint density at radius 3 is 2.20 bits per heavy atom. The Bertz CT molecular complexity index is 300. The van der Waals surface area contributed by atoms with Crippen molar-refractivity contribution in [2.75, 3.05) is 20.3 Å². The van der Waals surface area contributed by atoms with Crippen molar-refractivity contribution in [3.05, 3.63) is 28.8 Å². The number of rotatable bonds is 5. The lowest BCUT2D eigenvalue weighted by Gasteiger charge is -2.13. The average Bonchev–Trinajstić information content (AvgIpc) is 2.22. The molecule has 0 fully saturated rings. The standard InChI is InChI=1S/C12H19NO2/c1-9-6-11(8-13)7-10(2)12(9)15-5-4-14-3/h6-7H,4-5,8,13H2,1-3H3. The molecule has 1 aromatic carbocycles. The molecule has 0 amide bonds. The number of methoxy groups -OCH3 is 1. The maximum Gasteiger partial charge on any atom is 0.125 e. The SMILES string of the molecule is COCCOc1c(C)cc(CN)cc1C. The minimum Gasteiger partial charge on any atom is -0.491 e. The molecular weight excluding hydrogens is 190 g/mol. The Labute approximate surface area is 91.2 Å². The summed E-state index contributed by atoms with van der Waals surface area (Å²) in [6, 6.07) is 4.13. The summed E-state index contributed by atoms with van der Waals surface area (Å²) in [5, 5.41) is 0. The van der Waals surface area contributed by atoms with Gasteiger partial charge in [0.15, 0.2) is 0 Å². The number of aryl methyl sites for hydroxylation is 2. The van der Waals surface area contributed by atoms with E-state index < -0.39 is 0 Å². The molecule has 3 heteroatoms. The first-order chi connectivity index (χ1) is 7.19. The van der Waals surface area contributed by atoms with Gasteiger partial charge in [-0.15, -0.1) is 0 Å². The fourth-order valence-electron chi connectivity index (χ4n) is 1.61. The lowest BCUT2D eigenvalue weighted by molar-refractivity contribution is 0.145. The van der Waals surface area contributed by atoms with Crippen LogP contribution < -0.4 is 10.5 Å². The third-order valence-electron chi connectivity index (χ3n) is 2.29. The molecule has 3 nitrogen and oxygen atoms in total. The fourth-order valence-corrected chi connectivity index (χ4v) is 1.61. The van der Waals surface area contributed by atoms with Gasteiger partial charge in [-0.2, -0.15) is 0 Å². The Morgan fingerprint density at radius 1 is 1.13 bits per heavy atom. The van der Waals surface area contributed by atoms with Gasteiger partial charge in [-0.1, -0.05) is 12.1 Å². The Hall–Kier alpha value is -1.06. The summed E-state index contributed by atoms with van der Waals surface area (Å²) in [7, 11) is 1.67. The van der Waals surface area contributed by atoms with Gasteiger partial charge in [-0.3, -0.25) is 0 Å². The van der Waals surface area contributed by atoms with Crippen molar-refractivity contribution >= 4 is 0 Å². The van der Waals surface area contributed by atoms with Gasteiger partial charge in [0.25, 0.3) is 0 Å². The largest absolute Gasteiger partial charge is 0.491 e. The highest BCUT2D eigenvalue weighted by molar-refractivity contribution is 5.43. The van der Waals surface area contributed by atoms with Crippen molar-refractivity contribution in [3.8, 4) is 5.75 Å². The summed E-state index contributed by atoms with van der Waals surface area (Å²) in [6.07, 6.45) is 0. The van der Waals surface area contributed by atoms with Crippen LogP contribution in [0.2, 0.25) is 0 Å². The predicted octanol–water partition coefficient (Wildman–Crippen LogP) is 1.79. The topological polar surface area (TPSA) is 44.5 Å². The molecule has 0 aromatic heterocycles. The number of benzene rings is 1. The molecule has 0 unspecified atom stereocenters. The fraction of sp³-hybridized carbons (Fsp3) is 0.500. The van der Waals surface area contributed by atoms with E-state index in [1.165, 1.54) is 0 Å². The van der Waals surface area contributed by atoms with Crippen molar-refractivity contribution in [2.45, 2.75) is 20.4 Å². The molecule has 0 aliphatic heterocycles. The molecule has 0 bridgehead atoms. The molecule has 0 spiro atoms. The number of hydrogen-bond acceptors (Lipinski definition) is 3. The van der Waals surface area contributed by atoms with E-state index in [1.807, 2.05) is 13.8 Å². The molecule has 1 rings (SSSR count). The molecule has 0 aliphatic rings. The second-order valence-electron chi connectivity index (χ2n) is 3.60. The zero-order valence-electron chi connectivity index (χ0n) is 9.67. The highest BCUT2D eigenvalue weighted by atomic mass is 16.5. The van der Waals surface area contributed by atoms with Gasteiger partial charge in [-0.05, 0) is 30.5 Å². The van der Waals surface area contributed by atoms with Crippen molar-refractivity contribution in [1.29, 1.82) is 0 Å². The van der Waals surface area contributed by atoms with Crippen molar-refractivity contribution < 1.29 is 9.47 Å². The molecule has 0 radical (unpaired) electrons. The maximum atomic E-state index is 5.64. The molecule has 15 heavy (non-hydrogen) atoms. The van der Waals surface area contributed by atoms with Crippen LogP contribution in [0.1, 0.15) is 16.7 Å². The third kappa shape index (κ3) is 3.22. The number of ether oxygens (including phenoxy) is 2. The lowest BCUT2D eigenvalue weighted by Crippen LogP contribution is -2.07. The molecule has 0 atom stereocenters. The van der Waals surface area contributed by atoms with Crippen LogP contribution in [0, 0.1) is 13.8 Å². The Kier molecular flexibility index (Phi) is 4.59. The summed E-state index contributed by atoms with van der Waals surface area (Å²) >= 11 is 0. The van der Waals surface area contributed by atoms with E-state index in [0.717, 1.165) is 22.4 Å². The highest BCUT2D eigenvalue weighted by Gasteiger charge is 2.05.